The number of hydrogen-bond acceptors (Lipinski definition) is 2. The minimum atomic E-state index is -0.352. The second-order valence-corrected chi connectivity index (χ2v) is 7.78. The van der Waals surface area contributed by atoms with E-state index in [1.54, 1.807) is 23.1 Å². The number of carbonyl (C=O) groups is 2. The number of carbonyl (C=O) groups excluding carboxylic acids is 2. The molecular formula is C22H21ClFN3O2. The van der Waals surface area contributed by atoms with Gasteiger partial charge in [0, 0.05) is 48.2 Å². The molecule has 1 atom stereocenters. The number of aromatic nitrogens is 1. The Hall–Kier alpha value is -2.86. The fourth-order valence-electron chi connectivity index (χ4n) is 3.71. The number of H-pyrrole nitrogens is 1. The van der Waals surface area contributed by atoms with E-state index >= 15 is 0 Å². The summed E-state index contributed by atoms with van der Waals surface area (Å²) in [7, 11) is 0. The Balaban J connectivity index is 1.32. The molecule has 0 saturated carbocycles. The maximum absolute atomic E-state index is 13.5. The molecule has 0 unspecified atom stereocenters. The lowest BCUT2D eigenvalue weighted by Crippen LogP contribution is -2.33. The van der Waals surface area contributed by atoms with Gasteiger partial charge in [-0.2, -0.15) is 0 Å². The van der Waals surface area contributed by atoms with Gasteiger partial charge in [-0.25, -0.2) is 4.39 Å². The van der Waals surface area contributed by atoms with Gasteiger partial charge in [0.25, 0.3) is 0 Å². The zero-order valence-corrected chi connectivity index (χ0v) is 16.5. The van der Waals surface area contributed by atoms with Crippen molar-refractivity contribution in [1.82, 2.24) is 15.2 Å². The van der Waals surface area contributed by atoms with Crippen LogP contribution in [-0.4, -0.2) is 34.8 Å². The molecule has 0 spiro atoms. The molecule has 1 saturated heterocycles. The van der Waals surface area contributed by atoms with Crippen molar-refractivity contribution in [3.63, 3.8) is 0 Å². The fraction of sp³-hybridized carbons (Fsp3) is 0.273. The van der Waals surface area contributed by atoms with Crippen molar-refractivity contribution < 1.29 is 14.0 Å². The standard InChI is InChI=1S/C22H21ClFN3O2/c23-17-3-1-14(2-4-17)11-26-22(29)16-9-21(28)27(13-16)8-7-15-12-25-20-6-5-18(24)10-19(15)20/h1-6,10,12,16,25H,7-9,11,13H2,(H,26,29)/t16-/m1/s1. The van der Waals surface area contributed by atoms with Gasteiger partial charge < -0.3 is 15.2 Å². The molecule has 0 radical (unpaired) electrons. The van der Waals surface area contributed by atoms with Gasteiger partial charge in [0.05, 0.1) is 5.92 Å². The fourth-order valence-corrected chi connectivity index (χ4v) is 3.84. The van der Waals surface area contributed by atoms with E-state index in [9.17, 15) is 14.0 Å². The smallest absolute Gasteiger partial charge is 0.225 e. The second-order valence-electron chi connectivity index (χ2n) is 7.34. The van der Waals surface area contributed by atoms with Crippen LogP contribution in [0.1, 0.15) is 17.5 Å². The summed E-state index contributed by atoms with van der Waals surface area (Å²) in [5.41, 5.74) is 2.78. The van der Waals surface area contributed by atoms with Crippen molar-refractivity contribution in [3.05, 3.63) is 70.6 Å². The van der Waals surface area contributed by atoms with Gasteiger partial charge in [-0.05, 0) is 47.9 Å². The SMILES string of the molecule is O=C(NCc1ccc(Cl)cc1)[C@@H]1CC(=O)N(CCc2c[nH]c3ccc(F)cc23)C1. The number of hydrogen-bond donors (Lipinski definition) is 2. The highest BCUT2D eigenvalue weighted by Gasteiger charge is 2.33. The first-order chi connectivity index (χ1) is 14.0. The number of nitrogens with zero attached hydrogens (tertiary/aromatic N) is 1. The van der Waals surface area contributed by atoms with Gasteiger partial charge in [-0.15, -0.1) is 0 Å². The van der Waals surface area contributed by atoms with Crippen molar-refractivity contribution in [2.45, 2.75) is 19.4 Å². The third-order valence-electron chi connectivity index (χ3n) is 5.35. The van der Waals surface area contributed by atoms with Gasteiger partial charge in [0.1, 0.15) is 5.82 Å². The van der Waals surface area contributed by atoms with Crippen LogP contribution in [0.3, 0.4) is 0 Å². The van der Waals surface area contributed by atoms with Crippen LogP contribution in [0, 0.1) is 11.7 Å². The summed E-state index contributed by atoms with van der Waals surface area (Å²) >= 11 is 5.87. The highest BCUT2D eigenvalue weighted by Crippen LogP contribution is 2.22. The summed E-state index contributed by atoms with van der Waals surface area (Å²) in [5, 5.41) is 4.37. The molecule has 4 rings (SSSR count). The maximum atomic E-state index is 13.5. The van der Waals surface area contributed by atoms with Crippen LogP contribution in [-0.2, 0) is 22.6 Å². The van der Waals surface area contributed by atoms with Crippen LogP contribution in [0.4, 0.5) is 4.39 Å². The number of aromatic amines is 1. The van der Waals surface area contributed by atoms with E-state index < -0.39 is 0 Å². The lowest BCUT2D eigenvalue weighted by molar-refractivity contribution is -0.129. The van der Waals surface area contributed by atoms with E-state index in [0.717, 1.165) is 22.0 Å². The Bertz CT molecular complexity index is 1050. The first-order valence-electron chi connectivity index (χ1n) is 9.55. The monoisotopic (exact) mass is 413 g/mol. The summed E-state index contributed by atoms with van der Waals surface area (Å²) in [6.45, 7) is 1.31. The summed E-state index contributed by atoms with van der Waals surface area (Å²) in [4.78, 5) is 29.6. The average molecular weight is 414 g/mol. The van der Waals surface area contributed by atoms with Gasteiger partial charge in [0.2, 0.25) is 11.8 Å². The molecule has 7 heteroatoms. The molecule has 150 valence electrons. The Kier molecular flexibility index (Phi) is 5.53. The first-order valence-corrected chi connectivity index (χ1v) is 9.93. The highest BCUT2D eigenvalue weighted by atomic mass is 35.5. The Labute approximate surface area is 172 Å². The predicted octanol–water partition coefficient (Wildman–Crippen LogP) is 3.67. The molecule has 0 aliphatic carbocycles. The van der Waals surface area contributed by atoms with E-state index in [2.05, 4.69) is 10.3 Å². The lowest BCUT2D eigenvalue weighted by atomic mass is 10.1. The zero-order valence-electron chi connectivity index (χ0n) is 15.8. The molecule has 2 aromatic carbocycles. The average Bonchev–Trinajstić information content (AvgIpc) is 3.28. The van der Waals surface area contributed by atoms with Crippen molar-refractivity contribution in [2.24, 2.45) is 5.92 Å². The molecule has 1 aliphatic heterocycles. The lowest BCUT2D eigenvalue weighted by Gasteiger charge is -2.16. The summed E-state index contributed by atoms with van der Waals surface area (Å²) < 4.78 is 13.5. The first kappa shape index (κ1) is 19.5. The molecule has 1 aliphatic rings. The van der Waals surface area contributed by atoms with Crippen LogP contribution in [0.25, 0.3) is 10.9 Å². The molecule has 2 N–H and O–H groups in total. The van der Waals surface area contributed by atoms with Crippen molar-refractivity contribution >= 4 is 34.3 Å². The molecule has 2 amide bonds. The van der Waals surface area contributed by atoms with Crippen molar-refractivity contribution in [2.75, 3.05) is 13.1 Å². The maximum Gasteiger partial charge on any atom is 0.225 e. The highest BCUT2D eigenvalue weighted by molar-refractivity contribution is 6.30. The molecule has 5 nitrogen and oxygen atoms in total. The zero-order chi connectivity index (χ0) is 20.4. The van der Waals surface area contributed by atoms with E-state index in [0.29, 0.717) is 31.1 Å². The topological polar surface area (TPSA) is 65.2 Å². The number of likely N-dealkylation sites (tertiary alicyclic amines) is 1. The molecule has 1 aromatic heterocycles. The molecule has 29 heavy (non-hydrogen) atoms. The summed E-state index contributed by atoms with van der Waals surface area (Å²) in [5.74, 6) is -0.782. The molecule has 2 heterocycles. The minimum Gasteiger partial charge on any atom is -0.361 e. The number of fused-ring (bicyclic) bond motifs is 1. The van der Waals surface area contributed by atoms with Gasteiger partial charge in [-0.3, -0.25) is 9.59 Å². The van der Waals surface area contributed by atoms with Crippen molar-refractivity contribution in [1.29, 1.82) is 0 Å². The Morgan fingerprint density at radius 1 is 1.24 bits per heavy atom. The molecular weight excluding hydrogens is 393 g/mol. The van der Waals surface area contributed by atoms with Gasteiger partial charge in [0.15, 0.2) is 0 Å². The third-order valence-corrected chi connectivity index (χ3v) is 5.60. The molecule has 0 bridgehead atoms. The van der Waals surface area contributed by atoms with Crippen molar-refractivity contribution in [3.8, 4) is 0 Å². The van der Waals surface area contributed by atoms with Gasteiger partial charge >= 0.3 is 0 Å². The normalized spacial score (nSPS) is 16.6. The van der Waals surface area contributed by atoms with Crippen LogP contribution in [0.15, 0.2) is 48.7 Å². The van der Waals surface area contributed by atoms with Crippen LogP contribution < -0.4 is 5.32 Å². The van der Waals surface area contributed by atoms with Crippen LogP contribution in [0.5, 0.6) is 0 Å². The van der Waals surface area contributed by atoms with E-state index in [1.807, 2.05) is 18.3 Å². The van der Waals surface area contributed by atoms with Crippen LogP contribution in [0.2, 0.25) is 5.02 Å². The van der Waals surface area contributed by atoms with Crippen LogP contribution >= 0.6 is 11.6 Å². The minimum absolute atomic E-state index is 0.0253. The predicted molar refractivity (Wildman–Crippen MR) is 110 cm³/mol. The number of amides is 2. The Morgan fingerprint density at radius 2 is 2.03 bits per heavy atom. The number of rotatable bonds is 6. The molecule has 3 aromatic rings. The van der Waals surface area contributed by atoms with E-state index in [4.69, 9.17) is 11.6 Å². The van der Waals surface area contributed by atoms with Gasteiger partial charge in [-0.1, -0.05) is 23.7 Å². The molecule has 1 fully saturated rings. The van der Waals surface area contributed by atoms with E-state index in [-0.39, 0.29) is 30.0 Å². The third kappa shape index (κ3) is 4.43. The largest absolute Gasteiger partial charge is 0.361 e. The Morgan fingerprint density at radius 3 is 2.83 bits per heavy atom. The second kappa shape index (κ2) is 8.25. The number of nitrogens with one attached hydrogen (secondary N) is 2. The number of benzene rings is 2. The summed E-state index contributed by atoms with van der Waals surface area (Å²) in [6.07, 6.45) is 2.67. The summed E-state index contributed by atoms with van der Waals surface area (Å²) in [6, 6.07) is 11.9. The number of halogens is 2. The quantitative estimate of drug-likeness (QED) is 0.647. The van der Waals surface area contributed by atoms with E-state index in [1.165, 1.54) is 12.1 Å².